The molecule has 0 radical (unpaired) electrons. The van der Waals surface area contributed by atoms with E-state index in [4.69, 9.17) is 4.74 Å². The van der Waals surface area contributed by atoms with Crippen molar-refractivity contribution < 1.29 is 9.13 Å². The van der Waals surface area contributed by atoms with Gasteiger partial charge in [0.2, 0.25) is 0 Å². The molecular formula is C14H14BrFN2O. The Morgan fingerprint density at radius 3 is 2.89 bits per heavy atom. The minimum absolute atomic E-state index is 0.306. The van der Waals surface area contributed by atoms with Gasteiger partial charge in [0.1, 0.15) is 23.1 Å². The number of aromatic nitrogens is 1. The zero-order valence-corrected chi connectivity index (χ0v) is 12.1. The van der Waals surface area contributed by atoms with Crippen molar-refractivity contribution in [2.75, 3.05) is 11.9 Å². The molecule has 0 amide bonds. The van der Waals surface area contributed by atoms with Gasteiger partial charge in [0, 0.05) is 18.8 Å². The Balaban J connectivity index is 2.14. The van der Waals surface area contributed by atoms with E-state index in [1.54, 1.807) is 18.3 Å². The van der Waals surface area contributed by atoms with Gasteiger partial charge in [-0.05, 0) is 46.6 Å². The predicted octanol–water partition coefficient (Wildman–Crippen LogP) is 4.60. The highest BCUT2D eigenvalue weighted by Crippen LogP contribution is 2.30. The lowest BCUT2D eigenvalue weighted by molar-refractivity contribution is 0.477. The van der Waals surface area contributed by atoms with Crippen molar-refractivity contribution in [1.29, 1.82) is 0 Å². The van der Waals surface area contributed by atoms with Crippen LogP contribution in [0.15, 0.2) is 41.0 Å². The van der Waals surface area contributed by atoms with Crippen LogP contribution in [0, 0.1) is 5.82 Å². The summed E-state index contributed by atoms with van der Waals surface area (Å²) in [6.07, 6.45) is 2.70. The number of benzene rings is 1. The van der Waals surface area contributed by atoms with Crippen LogP contribution in [0.25, 0.3) is 0 Å². The van der Waals surface area contributed by atoms with Crippen molar-refractivity contribution in [2.24, 2.45) is 0 Å². The number of halogens is 2. The van der Waals surface area contributed by atoms with Gasteiger partial charge in [-0.25, -0.2) is 9.37 Å². The summed E-state index contributed by atoms with van der Waals surface area (Å²) in [7, 11) is 0. The number of pyridine rings is 1. The summed E-state index contributed by atoms with van der Waals surface area (Å²) < 4.78 is 19.3. The minimum atomic E-state index is -0.306. The molecule has 0 saturated carbocycles. The summed E-state index contributed by atoms with van der Waals surface area (Å²) in [4.78, 5) is 4.19. The molecule has 0 aliphatic heterocycles. The first kappa shape index (κ1) is 13.8. The molecule has 100 valence electrons. The smallest absolute Gasteiger partial charge is 0.141 e. The number of anilines is 1. The quantitative estimate of drug-likeness (QED) is 0.872. The molecule has 0 fully saturated rings. The van der Waals surface area contributed by atoms with Gasteiger partial charge in [0.05, 0.1) is 4.47 Å². The minimum Gasteiger partial charge on any atom is -0.456 e. The predicted molar refractivity (Wildman–Crippen MR) is 77.2 cm³/mol. The molecule has 0 bridgehead atoms. The Labute approximate surface area is 119 Å². The Bertz CT molecular complexity index is 563. The zero-order chi connectivity index (χ0) is 13.7. The number of rotatable bonds is 5. The zero-order valence-electron chi connectivity index (χ0n) is 10.5. The van der Waals surface area contributed by atoms with Crippen LogP contribution >= 0.6 is 15.9 Å². The fraction of sp³-hybridized carbons (Fsp3) is 0.214. The van der Waals surface area contributed by atoms with Crippen molar-refractivity contribution in [2.45, 2.75) is 13.3 Å². The maximum Gasteiger partial charge on any atom is 0.141 e. The van der Waals surface area contributed by atoms with Crippen molar-refractivity contribution in [3.63, 3.8) is 0 Å². The number of hydrogen-bond donors (Lipinski definition) is 1. The van der Waals surface area contributed by atoms with Crippen LogP contribution in [0.5, 0.6) is 11.5 Å². The molecule has 1 N–H and O–H groups in total. The van der Waals surface area contributed by atoms with Gasteiger partial charge in [-0.2, -0.15) is 0 Å². The van der Waals surface area contributed by atoms with Crippen LogP contribution in [-0.2, 0) is 0 Å². The average molecular weight is 325 g/mol. The van der Waals surface area contributed by atoms with Crippen LogP contribution < -0.4 is 10.1 Å². The summed E-state index contributed by atoms with van der Waals surface area (Å²) in [6, 6.07) is 7.88. The summed E-state index contributed by atoms with van der Waals surface area (Å²) in [5, 5.41) is 3.18. The summed E-state index contributed by atoms with van der Waals surface area (Å²) in [5.74, 6) is 1.67. The SMILES string of the molecule is CCCNc1cc(Oc2ccc(F)cc2Br)ccn1. The molecule has 5 heteroatoms. The molecule has 2 rings (SSSR count). The molecule has 19 heavy (non-hydrogen) atoms. The highest BCUT2D eigenvalue weighted by molar-refractivity contribution is 9.10. The third kappa shape index (κ3) is 3.92. The number of ether oxygens (including phenoxy) is 1. The maximum atomic E-state index is 13.0. The molecule has 0 spiro atoms. The second-order valence-electron chi connectivity index (χ2n) is 3.98. The third-order valence-electron chi connectivity index (χ3n) is 2.41. The van der Waals surface area contributed by atoms with Crippen LogP contribution in [-0.4, -0.2) is 11.5 Å². The first-order valence-corrected chi connectivity index (χ1v) is 6.81. The lowest BCUT2D eigenvalue weighted by Crippen LogP contribution is -2.01. The van der Waals surface area contributed by atoms with E-state index in [9.17, 15) is 4.39 Å². The van der Waals surface area contributed by atoms with Gasteiger partial charge < -0.3 is 10.1 Å². The normalized spacial score (nSPS) is 10.3. The van der Waals surface area contributed by atoms with Crippen LogP contribution in [0.2, 0.25) is 0 Å². The standard InChI is InChI=1S/C14H14BrFN2O/c1-2-6-17-14-9-11(5-7-18-14)19-13-4-3-10(16)8-12(13)15/h3-5,7-9H,2,6H2,1H3,(H,17,18). The third-order valence-corrected chi connectivity index (χ3v) is 3.03. The van der Waals surface area contributed by atoms with Gasteiger partial charge >= 0.3 is 0 Å². The van der Waals surface area contributed by atoms with Crippen molar-refractivity contribution in [3.8, 4) is 11.5 Å². The van der Waals surface area contributed by atoms with E-state index >= 15 is 0 Å². The summed E-state index contributed by atoms with van der Waals surface area (Å²) in [6.45, 7) is 2.94. The van der Waals surface area contributed by atoms with E-state index < -0.39 is 0 Å². The van der Waals surface area contributed by atoms with Gasteiger partial charge in [-0.15, -0.1) is 0 Å². The molecule has 3 nitrogen and oxygen atoms in total. The number of hydrogen-bond acceptors (Lipinski definition) is 3. The van der Waals surface area contributed by atoms with E-state index in [0.29, 0.717) is 16.0 Å². The van der Waals surface area contributed by atoms with Crippen LogP contribution in [0.3, 0.4) is 0 Å². The molecule has 0 unspecified atom stereocenters. The number of nitrogens with one attached hydrogen (secondary N) is 1. The Kier molecular flexibility index (Phi) is 4.74. The maximum absolute atomic E-state index is 13.0. The highest BCUT2D eigenvalue weighted by Gasteiger charge is 2.05. The van der Waals surface area contributed by atoms with E-state index in [-0.39, 0.29) is 5.82 Å². The second-order valence-corrected chi connectivity index (χ2v) is 4.83. The lowest BCUT2D eigenvalue weighted by Gasteiger charge is -2.09. The Hall–Kier alpha value is -1.62. The van der Waals surface area contributed by atoms with E-state index in [1.165, 1.54) is 12.1 Å². The first-order valence-electron chi connectivity index (χ1n) is 6.02. The highest BCUT2D eigenvalue weighted by atomic mass is 79.9. The van der Waals surface area contributed by atoms with Crippen molar-refractivity contribution in [3.05, 3.63) is 46.8 Å². The topological polar surface area (TPSA) is 34.1 Å². The van der Waals surface area contributed by atoms with Crippen molar-refractivity contribution in [1.82, 2.24) is 4.98 Å². The summed E-state index contributed by atoms with van der Waals surface area (Å²) in [5.41, 5.74) is 0. The van der Waals surface area contributed by atoms with Crippen LogP contribution in [0.1, 0.15) is 13.3 Å². The second kappa shape index (κ2) is 6.52. The van der Waals surface area contributed by atoms with Crippen molar-refractivity contribution >= 4 is 21.7 Å². The Morgan fingerprint density at radius 1 is 1.32 bits per heavy atom. The van der Waals surface area contributed by atoms with Gasteiger partial charge in [-0.1, -0.05) is 6.92 Å². The summed E-state index contributed by atoms with van der Waals surface area (Å²) >= 11 is 3.27. The molecular weight excluding hydrogens is 311 g/mol. The molecule has 0 aliphatic carbocycles. The largest absolute Gasteiger partial charge is 0.456 e. The molecule has 0 atom stereocenters. The van der Waals surface area contributed by atoms with E-state index in [2.05, 4.69) is 33.2 Å². The number of nitrogens with zero attached hydrogens (tertiary/aromatic N) is 1. The Morgan fingerprint density at radius 2 is 2.16 bits per heavy atom. The molecule has 1 heterocycles. The molecule has 2 aromatic rings. The molecule has 0 aliphatic rings. The first-order chi connectivity index (χ1) is 9.19. The monoisotopic (exact) mass is 324 g/mol. The van der Waals surface area contributed by atoms with E-state index in [0.717, 1.165) is 18.8 Å². The van der Waals surface area contributed by atoms with E-state index in [1.807, 2.05) is 6.07 Å². The lowest BCUT2D eigenvalue weighted by atomic mass is 10.3. The molecule has 1 aromatic carbocycles. The fourth-order valence-corrected chi connectivity index (χ4v) is 1.94. The molecule has 1 aromatic heterocycles. The molecule has 0 saturated heterocycles. The van der Waals surface area contributed by atoms with Gasteiger partial charge in [-0.3, -0.25) is 0 Å². The average Bonchev–Trinajstić information content (AvgIpc) is 2.40. The van der Waals surface area contributed by atoms with Crippen LogP contribution in [0.4, 0.5) is 10.2 Å². The van der Waals surface area contributed by atoms with Gasteiger partial charge in [0.15, 0.2) is 0 Å². The van der Waals surface area contributed by atoms with Gasteiger partial charge in [0.25, 0.3) is 0 Å². The fourth-order valence-electron chi connectivity index (χ4n) is 1.51.